The molecule has 0 aliphatic rings. The summed E-state index contributed by atoms with van der Waals surface area (Å²) in [5, 5.41) is 0. The van der Waals surface area contributed by atoms with Crippen LogP contribution in [0.3, 0.4) is 0 Å². The number of nitrogens with zero attached hydrogens (tertiary/aromatic N) is 1. The summed E-state index contributed by atoms with van der Waals surface area (Å²) in [6, 6.07) is 21.2. The fourth-order valence-electron chi connectivity index (χ4n) is 3.20. The zero-order valence-electron chi connectivity index (χ0n) is 16.6. The molecule has 0 spiro atoms. The number of hydrogen-bond acceptors (Lipinski definition) is 4. The quantitative estimate of drug-likeness (QED) is 0.430. The molecule has 1 aromatic heterocycles. The van der Waals surface area contributed by atoms with Crippen LogP contribution >= 0.6 is 0 Å². The Hall–Kier alpha value is -3.25. The van der Waals surface area contributed by atoms with Gasteiger partial charge in [0, 0.05) is 23.8 Å². The lowest BCUT2D eigenvalue weighted by molar-refractivity contribution is 0.518. The summed E-state index contributed by atoms with van der Waals surface area (Å²) < 4.78 is 43.8. The van der Waals surface area contributed by atoms with Crippen LogP contribution in [-0.4, -0.2) is 19.7 Å². The lowest BCUT2D eigenvalue weighted by Gasteiger charge is -2.04. The Morgan fingerprint density at radius 1 is 0.933 bits per heavy atom. The topological polar surface area (TPSA) is 60.2 Å². The monoisotopic (exact) mass is 421 g/mol. The molecule has 4 rings (SSSR count). The molecule has 0 radical (unpaired) electrons. The number of oxazole rings is 1. The third-order valence-electron chi connectivity index (χ3n) is 4.86. The van der Waals surface area contributed by atoms with Gasteiger partial charge in [-0.1, -0.05) is 54.6 Å². The van der Waals surface area contributed by atoms with Crippen LogP contribution in [0.15, 0.2) is 82.1 Å². The molecule has 1 heterocycles. The van der Waals surface area contributed by atoms with Crippen molar-refractivity contribution in [1.82, 2.24) is 4.98 Å². The maximum absolute atomic E-state index is 14.2. The van der Waals surface area contributed by atoms with E-state index in [1.165, 1.54) is 18.2 Å². The van der Waals surface area contributed by atoms with Gasteiger partial charge in [0.2, 0.25) is 0 Å². The molecule has 0 atom stereocenters. The molecular weight excluding hydrogens is 401 g/mol. The number of hydrogen-bond donors (Lipinski definition) is 0. The second-order valence-electron chi connectivity index (χ2n) is 7.21. The molecule has 0 aliphatic heterocycles. The van der Waals surface area contributed by atoms with Crippen molar-refractivity contribution in [3.05, 3.63) is 95.6 Å². The first-order chi connectivity index (χ1) is 14.3. The van der Waals surface area contributed by atoms with Crippen molar-refractivity contribution in [2.24, 2.45) is 0 Å². The van der Waals surface area contributed by atoms with Gasteiger partial charge in [-0.25, -0.2) is 17.8 Å². The molecule has 0 saturated carbocycles. The summed E-state index contributed by atoms with van der Waals surface area (Å²) in [7, 11) is -3.30. The molecule has 152 valence electrons. The summed E-state index contributed by atoms with van der Waals surface area (Å²) >= 11 is 0. The number of benzene rings is 3. The summed E-state index contributed by atoms with van der Waals surface area (Å²) in [5.41, 5.74) is 3.40. The summed E-state index contributed by atoms with van der Waals surface area (Å²) in [6.07, 6.45) is 1.65. The van der Waals surface area contributed by atoms with Crippen LogP contribution in [0, 0.1) is 12.7 Å². The Morgan fingerprint density at radius 2 is 1.60 bits per heavy atom. The number of aryl methyl sites for hydroxylation is 1. The van der Waals surface area contributed by atoms with Gasteiger partial charge in [0.1, 0.15) is 11.5 Å². The van der Waals surface area contributed by atoms with Crippen LogP contribution < -0.4 is 0 Å². The van der Waals surface area contributed by atoms with E-state index in [2.05, 4.69) is 4.98 Å². The largest absolute Gasteiger partial charge is 0.440 e. The molecule has 4 aromatic rings. The maximum atomic E-state index is 14.2. The second kappa shape index (κ2) is 7.88. The molecule has 0 aliphatic carbocycles. The fourth-order valence-corrected chi connectivity index (χ4v) is 3.83. The average Bonchev–Trinajstić information content (AvgIpc) is 3.14. The third kappa shape index (κ3) is 4.19. The molecule has 30 heavy (non-hydrogen) atoms. The predicted molar refractivity (Wildman–Crippen MR) is 114 cm³/mol. The molecule has 0 saturated heterocycles. The third-order valence-corrected chi connectivity index (χ3v) is 5.99. The molecular formula is C24H20FNO3S. The van der Waals surface area contributed by atoms with Crippen LogP contribution in [0.2, 0.25) is 0 Å². The molecule has 4 nitrogen and oxygen atoms in total. The first-order valence-corrected chi connectivity index (χ1v) is 11.3. The minimum Gasteiger partial charge on any atom is -0.440 e. The molecule has 0 amide bonds. The van der Waals surface area contributed by atoms with Gasteiger partial charge in [-0.2, -0.15) is 0 Å². The van der Waals surface area contributed by atoms with Gasteiger partial charge in [-0.3, -0.25) is 0 Å². The number of halogens is 1. The molecule has 3 aromatic carbocycles. The zero-order chi connectivity index (χ0) is 21.3. The van der Waals surface area contributed by atoms with Gasteiger partial charge in [0.05, 0.1) is 4.90 Å². The molecule has 0 N–H and O–H groups in total. The Kier molecular flexibility index (Phi) is 5.26. The highest BCUT2D eigenvalue weighted by Gasteiger charge is 2.19. The molecule has 0 bridgehead atoms. The smallest absolute Gasteiger partial charge is 0.199 e. The summed E-state index contributed by atoms with van der Waals surface area (Å²) in [5.74, 6) is 0.623. The SMILES string of the molecule is Cc1ccc(-c2oc(Cc3ccccc3)nc2-c2ccc(S(C)(=O)=O)cc2)cc1F. The molecule has 0 unspecified atom stereocenters. The second-order valence-corrected chi connectivity index (χ2v) is 9.22. The van der Waals surface area contributed by atoms with E-state index in [1.807, 2.05) is 30.3 Å². The number of rotatable bonds is 5. The van der Waals surface area contributed by atoms with Crippen molar-refractivity contribution >= 4 is 9.84 Å². The lowest BCUT2D eigenvalue weighted by Crippen LogP contribution is -1.96. The normalized spacial score (nSPS) is 11.6. The van der Waals surface area contributed by atoms with E-state index in [9.17, 15) is 12.8 Å². The van der Waals surface area contributed by atoms with Crippen LogP contribution in [0.4, 0.5) is 4.39 Å². The maximum Gasteiger partial charge on any atom is 0.199 e. The van der Waals surface area contributed by atoms with E-state index in [1.54, 1.807) is 31.2 Å². The average molecular weight is 421 g/mol. The standard InChI is InChI=1S/C24H20FNO3S/c1-16-8-9-19(15-21(16)25)24-23(18-10-12-20(13-11-18)30(2,27)28)26-22(29-24)14-17-6-4-3-5-7-17/h3-13,15H,14H2,1-2H3. The van der Waals surface area contributed by atoms with E-state index < -0.39 is 9.84 Å². The van der Waals surface area contributed by atoms with Crippen LogP contribution in [0.5, 0.6) is 0 Å². The Labute approximate surface area is 175 Å². The molecule has 6 heteroatoms. The summed E-state index contributed by atoms with van der Waals surface area (Å²) in [6.45, 7) is 1.70. The van der Waals surface area contributed by atoms with Gasteiger partial charge in [0.25, 0.3) is 0 Å². The summed E-state index contributed by atoms with van der Waals surface area (Å²) in [4.78, 5) is 4.88. The van der Waals surface area contributed by atoms with Crippen LogP contribution in [-0.2, 0) is 16.3 Å². The van der Waals surface area contributed by atoms with E-state index in [0.29, 0.717) is 40.5 Å². The predicted octanol–water partition coefficient (Wildman–Crippen LogP) is 5.45. The number of aromatic nitrogens is 1. The minimum atomic E-state index is -3.30. The van der Waals surface area contributed by atoms with Crippen LogP contribution in [0.1, 0.15) is 17.0 Å². The fraction of sp³-hybridized carbons (Fsp3) is 0.125. The van der Waals surface area contributed by atoms with Crippen molar-refractivity contribution in [2.75, 3.05) is 6.26 Å². The highest BCUT2D eigenvalue weighted by atomic mass is 32.2. The van der Waals surface area contributed by atoms with Crippen molar-refractivity contribution in [2.45, 2.75) is 18.2 Å². The Balaban J connectivity index is 1.81. The van der Waals surface area contributed by atoms with Gasteiger partial charge < -0.3 is 4.42 Å². The van der Waals surface area contributed by atoms with E-state index in [0.717, 1.165) is 11.8 Å². The van der Waals surface area contributed by atoms with Gasteiger partial charge in [-0.15, -0.1) is 0 Å². The highest BCUT2D eigenvalue weighted by molar-refractivity contribution is 7.90. The van der Waals surface area contributed by atoms with Gasteiger partial charge in [0.15, 0.2) is 21.5 Å². The Bertz CT molecular complexity index is 1290. The first kappa shape index (κ1) is 20.0. The van der Waals surface area contributed by atoms with E-state index >= 15 is 0 Å². The zero-order valence-corrected chi connectivity index (χ0v) is 17.4. The lowest BCUT2D eigenvalue weighted by atomic mass is 10.0. The minimum absolute atomic E-state index is 0.224. The van der Waals surface area contributed by atoms with Gasteiger partial charge in [-0.05, 0) is 36.2 Å². The van der Waals surface area contributed by atoms with Crippen molar-refractivity contribution in [3.63, 3.8) is 0 Å². The van der Waals surface area contributed by atoms with Crippen LogP contribution in [0.25, 0.3) is 22.6 Å². The van der Waals surface area contributed by atoms with E-state index in [-0.39, 0.29) is 10.7 Å². The van der Waals surface area contributed by atoms with Crippen molar-refractivity contribution < 1.29 is 17.2 Å². The first-order valence-electron chi connectivity index (χ1n) is 9.42. The van der Waals surface area contributed by atoms with Crippen molar-refractivity contribution in [3.8, 4) is 22.6 Å². The highest BCUT2D eigenvalue weighted by Crippen LogP contribution is 2.34. The number of sulfone groups is 1. The molecule has 0 fully saturated rings. The van der Waals surface area contributed by atoms with Crippen molar-refractivity contribution in [1.29, 1.82) is 0 Å². The Morgan fingerprint density at radius 3 is 2.23 bits per heavy atom. The van der Waals surface area contributed by atoms with E-state index in [4.69, 9.17) is 4.42 Å². The van der Waals surface area contributed by atoms with Gasteiger partial charge >= 0.3 is 0 Å².